The fourth-order valence-corrected chi connectivity index (χ4v) is 4.48. The molecule has 27 heavy (non-hydrogen) atoms. The number of para-hydroxylation sites is 1. The van der Waals surface area contributed by atoms with Gasteiger partial charge in [0, 0.05) is 13.6 Å². The monoisotopic (exact) mass is 401 g/mol. The molecular weight excluding hydrogens is 378 g/mol. The highest BCUT2D eigenvalue weighted by Gasteiger charge is 2.17. The van der Waals surface area contributed by atoms with Crippen LogP contribution in [0, 0.1) is 6.92 Å². The summed E-state index contributed by atoms with van der Waals surface area (Å²) in [6, 6.07) is 9.59. The first-order valence-electron chi connectivity index (χ1n) is 8.96. The lowest BCUT2D eigenvalue weighted by Gasteiger charge is -2.17. The van der Waals surface area contributed by atoms with Crippen LogP contribution in [0.15, 0.2) is 45.7 Å². The van der Waals surface area contributed by atoms with Crippen LogP contribution in [-0.4, -0.2) is 39.7 Å². The lowest BCUT2D eigenvalue weighted by Crippen LogP contribution is -2.29. The number of benzene rings is 1. The second kappa shape index (κ2) is 8.71. The highest BCUT2D eigenvalue weighted by Crippen LogP contribution is 2.25. The molecule has 1 amide bonds. The molecule has 0 aliphatic rings. The Hall–Kier alpha value is -2.12. The number of nitrogens with zero attached hydrogens (tertiary/aromatic N) is 3. The van der Waals surface area contributed by atoms with E-state index in [-0.39, 0.29) is 17.2 Å². The normalized spacial score (nSPS) is 11.1. The molecule has 2 heterocycles. The number of hydrogen-bond acceptors (Lipinski definition) is 5. The first kappa shape index (κ1) is 19.6. The van der Waals surface area contributed by atoms with Crippen molar-refractivity contribution in [2.75, 3.05) is 19.3 Å². The molecular formula is C20H23N3O2S2. The second-order valence-electron chi connectivity index (χ2n) is 6.41. The summed E-state index contributed by atoms with van der Waals surface area (Å²) in [5.41, 5.74) is 2.40. The number of rotatable bonds is 7. The summed E-state index contributed by atoms with van der Waals surface area (Å²) in [7, 11) is 1.82. The molecule has 0 atom stereocenters. The minimum absolute atomic E-state index is 0.0458. The van der Waals surface area contributed by atoms with E-state index >= 15 is 0 Å². The van der Waals surface area contributed by atoms with Crippen molar-refractivity contribution >= 4 is 39.2 Å². The summed E-state index contributed by atoms with van der Waals surface area (Å²) >= 11 is 2.71. The molecule has 0 aliphatic carbocycles. The van der Waals surface area contributed by atoms with Gasteiger partial charge in [0.15, 0.2) is 5.16 Å². The van der Waals surface area contributed by atoms with Crippen molar-refractivity contribution < 1.29 is 4.79 Å². The van der Waals surface area contributed by atoms with Gasteiger partial charge in [-0.25, -0.2) is 4.98 Å². The molecule has 7 heteroatoms. The van der Waals surface area contributed by atoms with Crippen molar-refractivity contribution in [3.05, 3.63) is 51.6 Å². The number of thiophene rings is 1. The smallest absolute Gasteiger partial charge is 0.276 e. The quantitative estimate of drug-likeness (QED) is 0.442. The fraction of sp³-hybridized carbons (Fsp3) is 0.350. The van der Waals surface area contributed by atoms with E-state index in [1.807, 2.05) is 49.7 Å². The van der Waals surface area contributed by atoms with E-state index in [2.05, 4.69) is 11.9 Å². The van der Waals surface area contributed by atoms with Crippen LogP contribution in [0.3, 0.4) is 0 Å². The molecule has 0 N–H and O–H groups in total. The molecule has 0 unspecified atom stereocenters. The van der Waals surface area contributed by atoms with Crippen LogP contribution < -0.4 is 5.56 Å². The molecule has 0 radical (unpaired) electrons. The maximum atomic E-state index is 13.1. The van der Waals surface area contributed by atoms with Crippen LogP contribution in [0.25, 0.3) is 15.9 Å². The predicted molar refractivity (Wildman–Crippen MR) is 113 cm³/mol. The van der Waals surface area contributed by atoms with Gasteiger partial charge >= 0.3 is 0 Å². The van der Waals surface area contributed by atoms with Gasteiger partial charge in [0.05, 0.1) is 17.0 Å². The van der Waals surface area contributed by atoms with Gasteiger partial charge in [-0.3, -0.25) is 14.2 Å². The molecule has 0 saturated carbocycles. The van der Waals surface area contributed by atoms with E-state index in [1.54, 1.807) is 9.47 Å². The molecule has 0 aliphatic heterocycles. The molecule has 3 aromatic rings. The number of amides is 1. The lowest BCUT2D eigenvalue weighted by molar-refractivity contribution is -0.127. The predicted octanol–water partition coefficient (Wildman–Crippen LogP) is 4.11. The molecule has 142 valence electrons. The Bertz CT molecular complexity index is 1010. The number of aromatic nitrogens is 2. The van der Waals surface area contributed by atoms with E-state index in [9.17, 15) is 9.59 Å². The third-order valence-electron chi connectivity index (χ3n) is 4.40. The zero-order valence-corrected chi connectivity index (χ0v) is 17.4. The Morgan fingerprint density at radius 1 is 1.30 bits per heavy atom. The lowest BCUT2D eigenvalue weighted by atomic mass is 10.2. The minimum Gasteiger partial charge on any atom is -0.345 e. The Morgan fingerprint density at radius 3 is 2.81 bits per heavy atom. The molecule has 3 rings (SSSR count). The number of unbranched alkanes of at least 4 members (excludes halogenated alkanes) is 1. The summed E-state index contributed by atoms with van der Waals surface area (Å²) in [5, 5.41) is 2.43. The van der Waals surface area contributed by atoms with E-state index in [4.69, 9.17) is 0 Å². The Morgan fingerprint density at radius 2 is 2.07 bits per heavy atom. The van der Waals surface area contributed by atoms with Crippen LogP contribution in [0.2, 0.25) is 0 Å². The largest absolute Gasteiger partial charge is 0.345 e. The van der Waals surface area contributed by atoms with Gasteiger partial charge in [0.2, 0.25) is 5.91 Å². The Balaban J connectivity index is 1.97. The summed E-state index contributed by atoms with van der Waals surface area (Å²) in [6.45, 7) is 4.82. The van der Waals surface area contributed by atoms with Crippen LogP contribution in [0.5, 0.6) is 0 Å². The van der Waals surface area contributed by atoms with E-state index in [0.717, 1.165) is 30.6 Å². The average molecular weight is 402 g/mol. The van der Waals surface area contributed by atoms with Gasteiger partial charge in [-0.1, -0.05) is 43.3 Å². The van der Waals surface area contributed by atoms with Gasteiger partial charge in [-0.15, -0.1) is 11.3 Å². The van der Waals surface area contributed by atoms with Crippen LogP contribution >= 0.6 is 23.1 Å². The number of hydrogen-bond donors (Lipinski definition) is 0. The molecule has 0 fully saturated rings. The van der Waals surface area contributed by atoms with Gasteiger partial charge in [-0.05, 0) is 36.4 Å². The van der Waals surface area contributed by atoms with Crippen molar-refractivity contribution in [3.63, 3.8) is 0 Å². The first-order valence-corrected chi connectivity index (χ1v) is 10.8. The molecule has 1 aromatic carbocycles. The topological polar surface area (TPSA) is 55.2 Å². The zero-order valence-electron chi connectivity index (χ0n) is 15.8. The van der Waals surface area contributed by atoms with Crippen LogP contribution in [0.1, 0.15) is 25.3 Å². The van der Waals surface area contributed by atoms with E-state index < -0.39 is 0 Å². The number of carbonyl (C=O) groups is 1. The highest BCUT2D eigenvalue weighted by molar-refractivity contribution is 7.99. The zero-order chi connectivity index (χ0) is 19.4. The average Bonchev–Trinajstić information content (AvgIpc) is 3.14. The Kier molecular flexibility index (Phi) is 6.34. The molecule has 5 nitrogen and oxygen atoms in total. The number of thioether (sulfide) groups is 1. The van der Waals surface area contributed by atoms with Crippen molar-refractivity contribution in [2.45, 2.75) is 31.8 Å². The number of fused-ring (bicyclic) bond motifs is 1. The summed E-state index contributed by atoms with van der Waals surface area (Å²) < 4.78 is 2.27. The summed E-state index contributed by atoms with van der Waals surface area (Å²) in [6.07, 6.45) is 2.04. The second-order valence-corrected chi connectivity index (χ2v) is 8.27. The maximum Gasteiger partial charge on any atom is 0.276 e. The van der Waals surface area contributed by atoms with Gasteiger partial charge < -0.3 is 4.90 Å². The summed E-state index contributed by atoms with van der Waals surface area (Å²) in [5.74, 6) is 0.304. The number of carbonyl (C=O) groups excluding carboxylic acids is 1. The van der Waals surface area contributed by atoms with Gasteiger partial charge in [-0.2, -0.15) is 0 Å². The van der Waals surface area contributed by atoms with E-state index in [0.29, 0.717) is 15.4 Å². The SMILES string of the molecule is CCCCN(C)C(=O)CSc1nc2ccsc2c(=O)n1-c1ccccc1C. The third kappa shape index (κ3) is 4.25. The highest BCUT2D eigenvalue weighted by atomic mass is 32.2. The van der Waals surface area contributed by atoms with Crippen molar-refractivity contribution in [2.24, 2.45) is 0 Å². The van der Waals surface area contributed by atoms with Crippen molar-refractivity contribution in [1.82, 2.24) is 14.5 Å². The van der Waals surface area contributed by atoms with Crippen LogP contribution in [-0.2, 0) is 4.79 Å². The standard InChI is InChI=1S/C20H23N3O2S2/c1-4-5-11-22(3)17(24)13-27-20-21-15-10-12-26-18(15)19(25)23(20)16-9-7-6-8-14(16)2/h6-10,12H,4-5,11,13H2,1-3H3. The van der Waals surface area contributed by atoms with Crippen molar-refractivity contribution in [1.29, 1.82) is 0 Å². The van der Waals surface area contributed by atoms with Gasteiger partial charge in [0.1, 0.15) is 4.70 Å². The third-order valence-corrected chi connectivity index (χ3v) is 6.22. The van der Waals surface area contributed by atoms with E-state index in [1.165, 1.54) is 23.1 Å². The minimum atomic E-state index is -0.0846. The van der Waals surface area contributed by atoms with Gasteiger partial charge in [0.25, 0.3) is 5.56 Å². The molecule has 0 spiro atoms. The maximum absolute atomic E-state index is 13.1. The molecule has 0 bridgehead atoms. The Labute approximate surface area is 167 Å². The molecule has 0 saturated heterocycles. The first-order chi connectivity index (χ1) is 13.0. The summed E-state index contributed by atoms with van der Waals surface area (Å²) in [4.78, 5) is 32.0. The number of aryl methyl sites for hydroxylation is 1. The van der Waals surface area contributed by atoms with Crippen LogP contribution in [0.4, 0.5) is 0 Å². The fourth-order valence-electron chi connectivity index (χ4n) is 2.77. The molecule has 2 aromatic heterocycles. The van der Waals surface area contributed by atoms with Crippen molar-refractivity contribution in [3.8, 4) is 5.69 Å².